The largest absolute Gasteiger partial charge is 0.338 e. The van der Waals surface area contributed by atoms with Crippen LogP contribution in [-0.2, 0) is 13.5 Å². The van der Waals surface area contributed by atoms with Gasteiger partial charge in [0.25, 0.3) is 5.91 Å². The van der Waals surface area contributed by atoms with E-state index in [2.05, 4.69) is 15.5 Å². The van der Waals surface area contributed by atoms with Gasteiger partial charge in [0, 0.05) is 18.2 Å². The van der Waals surface area contributed by atoms with Gasteiger partial charge in [0.2, 0.25) is 5.88 Å². The van der Waals surface area contributed by atoms with Crippen LogP contribution in [0.15, 0.2) is 29.0 Å². The van der Waals surface area contributed by atoms with E-state index in [9.17, 15) is 4.79 Å². The third-order valence-electron chi connectivity index (χ3n) is 3.55. The highest BCUT2D eigenvalue weighted by Crippen LogP contribution is 2.21. The van der Waals surface area contributed by atoms with Crippen molar-refractivity contribution in [1.82, 2.24) is 14.7 Å². The maximum absolute atomic E-state index is 12.3. The van der Waals surface area contributed by atoms with Gasteiger partial charge in [0.05, 0.1) is 23.1 Å². The number of carbonyl (C=O) groups is 1. The van der Waals surface area contributed by atoms with Crippen LogP contribution < -0.4 is 5.32 Å². The Morgan fingerprint density at radius 3 is 3.00 bits per heavy atom. The number of amides is 1. The van der Waals surface area contributed by atoms with E-state index in [0.717, 1.165) is 28.7 Å². The SMILES string of the molecule is CCc1c(C)noc1NC(=O)c1ccc2c(c1)ncn2C. The van der Waals surface area contributed by atoms with Crippen molar-refractivity contribution in [2.45, 2.75) is 20.3 Å². The number of imidazole rings is 1. The molecule has 21 heavy (non-hydrogen) atoms. The second-order valence-electron chi connectivity index (χ2n) is 4.94. The molecule has 6 nitrogen and oxygen atoms in total. The molecule has 1 aromatic carbocycles. The molecule has 0 aliphatic carbocycles. The van der Waals surface area contributed by atoms with Crippen LogP contribution in [0.4, 0.5) is 5.88 Å². The molecule has 6 heteroatoms. The van der Waals surface area contributed by atoms with Crippen molar-refractivity contribution in [2.75, 3.05) is 5.32 Å². The van der Waals surface area contributed by atoms with E-state index >= 15 is 0 Å². The maximum atomic E-state index is 12.3. The summed E-state index contributed by atoms with van der Waals surface area (Å²) in [5.74, 6) is 0.189. The highest BCUT2D eigenvalue weighted by atomic mass is 16.5. The predicted octanol–water partition coefficient (Wildman–Crippen LogP) is 2.68. The van der Waals surface area contributed by atoms with Gasteiger partial charge in [-0.3, -0.25) is 10.1 Å². The van der Waals surface area contributed by atoms with Crippen molar-refractivity contribution in [3.05, 3.63) is 41.3 Å². The number of hydrogen-bond donors (Lipinski definition) is 1. The summed E-state index contributed by atoms with van der Waals surface area (Å²) < 4.78 is 7.08. The first-order valence-corrected chi connectivity index (χ1v) is 6.77. The zero-order valence-corrected chi connectivity index (χ0v) is 12.2. The number of hydrogen-bond acceptors (Lipinski definition) is 4. The lowest BCUT2D eigenvalue weighted by molar-refractivity contribution is 0.102. The van der Waals surface area contributed by atoms with Gasteiger partial charge in [-0.05, 0) is 31.5 Å². The first-order valence-electron chi connectivity index (χ1n) is 6.77. The normalized spacial score (nSPS) is 11.0. The summed E-state index contributed by atoms with van der Waals surface area (Å²) >= 11 is 0. The number of nitrogens with one attached hydrogen (secondary N) is 1. The Morgan fingerprint density at radius 2 is 2.24 bits per heavy atom. The third-order valence-corrected chi connectivity index (χ3v) is 3.55. The Labute approximate surface area is 121 Å². The fourth-order valence-corrected chi connectivity index (χ4v) is 2.36. The molecule has 0 aliphatic heterocycles. The van der Waals surface area contributed by atoms with Gasteiger partial charge in [0.1, 0.15) is 0 Å². The van der Waals surface area contributed by atoms with Gasteiger partial charge in [-0.2, -0.15) is 0 Å². The van der Waals surface area contributed by atoms with Crippen LogP contribution in [0.3, 0.4) is 0 Å². The van der Waals surface area contributed by atoms with Crippen molar-refractivity contribution < 1.29 is 9.32 Å². The Hall–Kier alpha value is -2.63. The number of nitrogens with zero attached hydrogens (tertiary/aromatic N) is 3. The van der Waals surface area contributed by atoms with E-state index in [4.69, 9.17) is 4.52 Å². The zero-order chi connectivity index (χ0) is 15.0. The molecule has 0 unspecified atom stereocenters. The molecule has 1 amide bonds. The molecule has 3 aromatic rings. The van der Waals surface area contributed by atoms with Crippen LogP contribution in [0.2, 0.25) is 0 Å². The first kappa shape index (κ1) is 13.4. The summed E-state index contributed by atoms with van der Waals surface area (Å²) in [6.45, 7) is 3.85. The number of anilines is 1. The van der Waals surface area contributed by atoms with E-state index < -0.39 is 0 Å². The fraction of sp³-hybridized carbons (Fsp3) is 0.267. The van der Waals surface area contributed by atoms with Crippen LogP contribution in [0.5, 0.6) is 0 Å². The van der Waals surface area contributed by atoms with Gasteiger partial charge in [0.15, 0.2) is 0 Å². The number of carbonyl (C=O) groups excluding carboxylic acids is 1. The lowest BCUT2D eigenvalue weighted by Crippen LogP contribution is -2.12. The summed E-state index contributed by atoms with van der Waals surface area (Å²) in [5, 5.41) is 6.65. The topological polar surface area (TPSA) is 73.0 Å². The molecular formula is C15H16N4O2. The molecule has 0 radical (unpaired) electrons. The molecule has 0 atom stereocenters. The molecule has 0 saturated carbocycles. The Balaban J connectivity index is 1.89. The second-order valence-corrected chi connectivity index (χ2v) is 4.94. The highest BCUT2D eigenvalue weighted by molar-refractivity contribution is 6.05. The van der Waals surface area contributed by atoms with E-state index in [1.807, 2.05) is 31.5 Å². The quantitative estimate of drug-likeness (QED) is 0.802. The molecule has 2 aromatic heterocycles. The minimum absolute atomic E-state index is 0.228. The molecule has 0 aliphatic rings. The average Bonchev–Trinajstić information content (AvgIpc) is 3.02. The van der Waals surface area contributed by atoms with Gasteiger partial charge in [-0.1, -0.05) is 12.1 Å². The molecular weight excluding hydrogens is 268 g/mol. The summed E-state index contributed by atoms with van der Waals surface area (Å²) in [4.78, 5) is 16.6. The van der Waals surface area contributed by atoms with E-state index in [1.165, 1.54) is 0 Å². The molecule has 0 saturated heterocycles. The Kier molecular flexibility index (Phi) is 3.21. The third kappa shape index (κ3) is 2.29. The fourth-order valence-electron chi connectivity index (χ4n) is 2.36. The van der Waals surface area contributed by atoms with Crippen molar-refractivity contribution in [3.8, 4) is 0 Å². The van der Waals surface area contributed by atoms with Crippen molar-refractivity contribution in [3.63, 3.8) is 0 Å². The van der Waals surface area contributed by atoms with Crippen molar-refractivity contribution in [1.29, 1.82) is 0 Å². The molecule has 3 rings (SSSR count). The highest BCUT2D eigenvalue weighted by Gasteiger charge is 2.15. The molecule has 2 heterocycles. The van der Waals surface area contributed by atoms with E-state index in [-0.39, 0.29) is 5.91 Å². The van der Waals surface area contributed by atoms with Crippen LogP contribution in [-0.4, -0.2) is 20.6 Å². The van der Waals surface area contributed by atoms with E-state index in [0.29, 0.717) is 11.4 Å². The second kappa shape index (κ2) is 5.05. The first-order chi connectivity index (χ1) is 10.1. The molecule has 0 fully saturated rings. The van der Waals surface area contributed by atoms with Crippen LogP contribution in [0.1, 0.15) is 28.5 Å². The summed E-state index contributed by atoms with van der Waals surface area (Å²) in [5.41, 5.74) is 4.03. The summed E-state index contributed by atoms with van der Waals surface area (Å²) in [7, 11) is 1.92. The van der Waals surface area contributed by atoms with Crippen LogP contribution in [0, 0.1) is 6.92 Å². The van der Waals surface area contributed by atoms with Gasteiger partial charge < -0.3 is 9.09 Å². The molecule has 108 valence electrons. The lowest BCUT2D eigenvalue weighted by Gasteiger charge is -2.04. The number of aromatic nitrogens is 3. The van der Waals surface area contributed by atoms with Crippen LogP contribution >= 0.6 is 0 Å². The molecule has 0 spiro atoms. The average molecular weight is 284 g/mol. The van der Waals surface area contributed by atoms with E-state index in [1.54, 1.807) is 18.5 Å². The maximum Gasteiger partial charge on any atom is 0.258 e. The van der Waals surface area contributed by atoms with Crippen molar-refractivity contribution in [2.24, 2.45) is 7.05 Å². The number of aryl methyl sites for hydroxylation is 2. The van der Waals surface area contributed by atoms with Gasteiger partial charge in [-0.15, -0.1) is 0 Å². The number of benzene rings is 1. The summed E-state index contributed by atoms with van der Waals surface area (Å²) in [6, 6.07) is 5.41. The van der Waals surface area contributed by atoms with Gasteiger partial charge >= 0.3 is 0 Å². The Bertz CT molecular complexity index is 816. The zero-order valence-electron chi connectivity index (χ0n) is 12.2. The van der Waals surface area contributed by atoms with Gasteiger partial charge in [-0.25, -0.2) is 4.98 Å². The number of fused-ring (bicyclic) bond motifs is 1. The molecule has 1 N–H and O–H groups in total. The van der Waals surface area contributed by atoms with Crippen molar-refractivity contribution >= 4 is 22.8 Å². The van der Waals surface area contributed by atoms with Crippen LogP contribution in [0.25, 0.3) is 11.0 Å². The smallest absolute Gasteiger partial charge is 0.258 e. The standard InChI is InChI=1S/C15H16N4O2/c1-4-11-9(2)18-21-15(11)17-14(20)10-5-6-13-12(7-10)16-8-19(13)3/h5-8H,4H2,1-3H3,(H,17,20). The summed E-state index contributed by atoms with van der Waals surface area (Å²) in [6.07, 6.45) is 2.48. The minimum Gasteiger partial charge on any atom is -0.338 e. The Morgan fingerprint density at radius 1 is 1.43 bits per heavy atom. The molecule has 0 bridgehead atoms. The number of rotatable bonds is 3. The lowest BCUT2D eigenvalue weighted by atomic mass is 10.1. The minimum atomic E-state index is -0.228. The monoisotopic (exact) mass is 284 g/mol. The predicted molar refractivity (Wildman–Crippen MR) is 79.3 cm³/mol.